The molecule has 12 heteroatoms. The number of piperidine rings is 1. The number of carbonyl (C=O) groups excluding carboxylic acids is 3. The van der Waals surface area contributed by atoms with Crippen LogP contribution in [0.25, 0.3) is 21.9 Å². The quantitative estimate of drug-likeness (QED) is 0.278. The Morgan fingerprint density at radius 1 is 1.16 bits per heavy atom. The van der Waals surface area contributed by atoms with Crippen LogP contribution in [0.1, 0.15) is 23.2 Å². The van der Waals surface area contributed by atoms with Gasteiger partial charge in [-0.3, -0.25) is 9.59 Å². The van der Waals surface area contributed by atoms with E-state index in [1.807, 2.05) is 0 Å². The number of amides is 2. The number of likely N-dealkylation sites (tertiary alicyclic amines) is 1. The van der Waals surface area contributed by atoms with E-state index < -0.39 is 12.0 Å². The number of halogens is 1. The molecule has 1 unspecified atom stereocenters. The van der Waals surface area contributed by atoms with Crippen molar-refractivity contribution in [2.45, 2.75) is 31.5 Å². The van der Waals surface area contributed by atoms with Crippen molar-refractivity contribution in [3.05, 3.63) is 52.9 Å². The zero-order valence-electron chi connectivity index (χ0n) is 19.7. The van der Waals surface area contributed by atoms with Crippen LogP contribution in [-0.4, -0.2) is 61.4 Å². The van der Waals surface area contributed by atoms with Gasteiger partial charge in [-0.25, -0.2) is 19.7 Å². The molecule has 3 N–H and O–H groups in total. The predicted molar refractivity (Wildman–Crippen MR) is 138 cm³/mol. The fraction of sp³-hybridized carbons (Fsp3) is 0.280. The summed E-state index contributed by atoms with van der Waals surface area (Å²) < 4.78 is 7.25. The van der Waals surface area contributed by atoms with E-state index in [-0.39, 0.29) is 41.7 Å². The molecule has 11 nitrogen and oxygen atoms in total. The first-order valence-electron chi connectivity index (χ1n) is 11.7. The van der Waals surface area contributed by atoms with Gasteiger partial charge in [-0.05, 0) is 52.9 Å². The number of para-hydroxylation sites is 1. The molecule has 1 saturated heterocycles. The Morgan fingerprint density at radius 3 is 2.76 bits per heavy atom. The van der Waals surface area contributed by atoms with Crippen molar-refractivity contribution in [1.29, 1.82) is 0 Å². The summed E-state index contributed by atoms with van der Waals surface area (Å²) in [6.07, 6.45) is 2.77. The number of nitrogens with one attached hydrogen (secondary N) is 1. The number of esters is 1. The van der Waals surface area contributed by atoms with Gasteiger partial charge in [0.15, 0.2) is 0 Å². The van der Waals surface area contributed by atoms with Crippen molar-refractivity contribution in [2.24, 2.45) is 5.92 Å². The van der Waals surface area contributed by atoms with Crippen molar-refractivity contribution in [3.8, 4) is 0 Å². The van der Waals surface area contributed by atoms with Gasteiger partial charge in [-0.1, -0.05) is 18.2 Å². The number of hydrogen-bond donors (Lipinski definition) is 2. The zero-order valence-corrected chi connectivity index (χ0v) is 21.3. The lowest BCUT2D eigenvalue weighted by atomic mass is 10.1. The maximum Gasteiger partial charge on any atom is 0.340 e. The molecule has 0 radical (unpaired) electrons. The smallest absolute Gasteiger partial charge is 0.340 e. The fourth-order valence-corrected chi connectivity index (χ4v) is 5.72. The molecule has 4 heterocycles. The van der Waals surface area contributed by atoms with Crippen LogP contribution < -0.4 is 11.1 Å². The Kier molecular flexibility index (Phi) is 5.55. The van der Waals surface area contributed by atoms with Crippen LogP contribution in [0.15, 0.2) is 47.3 Å². The lowest BCUT2D eigenvalue weighted by Crippen LogP contribution is -2.46. The third-order valence-electron chi connectivity index (χ3n) is 7.05. The second-order valence-electron chi connectivity index (χ2n) is 9.19. The number of fused-ring (bicyclic) bond motifs is 4. The van der Waals surface area contributed by atoms with E-state index in [0.717, 1.165) is 6.42 Å². The first-order valence-corrected chi connectivity index (χ1v) is 12.5. The Hall–Kier alpha value is -4.06. The number of pyridine rings is 1. The first-order chi connectivity index (χ1) is 17.9. The minimum atomic E-state index is -0.620. The minimum Gasteiger partial charge on any atom is -0.465 e. The Bertz CT molecular complexity index is 1600. The van der Waals surface area contributed by atoms with Gasteiger partial charge in [0, 0.05) is 11.4 Å². The molecule has 4 aromatic rings. The molecule has 2 aliphatic rings. The molecule has 0 spiro atoms. The second kappa shape index (κ2) is 8.80. The van der Waals surface area contributed by atoms with Crippen LogP contribution in [0.4, 0.5) is 11.6 Å². The number of carbonyl (C=O) groups is 3. The topological polar surface area (TPSA) is 145 Å². The van der Waals surface area contributed by atoms with E-state index in [4.69, 9.17) is 10.5 Å². The summed E-state index contributed by atoms with van der Waals surface area (Å²) in [7, 11) is 1.30. The SMILES string of the molecule is COC(=O)c1cccc2c3c(N)ncnc3n(CC(=O)N3[C@@H]4CC4C[C@H]3C(=O)Nc3cccc(Br)n3)c12. The van der Waals surface area contributed by atoms with Crippen LogP contribution in [0, 0.1) is 5.92 Å². The van der Waals surface area contributed by atoms with Gasteiger partial charge in [0.1, 0.15) is 40.8 Å². The standard InChI is InChI=1S/C25H22BrN7O4/c1-37-25(36)14-5-2-4-13-20-22(27)28-11-29-23(20)32(21(13)14)10-19(34)33-15-8-12(15)9-16(33)24(35)31-18-7-3-6-17(26)30-18/h2-7,11-12,15-16H,8-10H2,1H3,(H2,27,28,29)(H,30,31,35)/t12?,15-,16+/m1/s1. The van der Waals surface area contributed by atoms with Gasteiger partial charge in [-0.15, -0.1) is 0 Å². The first kappa shape index (κ1) is 23.3. The average Bonchev–Trinajstić information content (AvgIpc) is 3.42. The highest BCUT2D eigenvalue weighted by Crippen LogP contribution is 2.48. The molecular formula is C25H22BrN7O4. The highest BCUT2D eigenvalue weighted by Gasteiger charge is 2.56. The molecule has 1 aromatic carbocycles. The van der Waals surface area contributed by atoms with Crippen LogP contribution in [-0.2, 0) is 20.9 Å². The molecule has 1 aliphatic carbocycles. The summed E-state index contributed by atoms with van der Waals surface area (Å²) in [5.41, 5.74) is 7.38. The third kappa shape index (κ3) is 3.88. The van der Waals surface area contributed by atoms with Crippen molar-refractivity contribution < 1.29 is 19.1 Å². The summed E-state index contributed by atoms with van der Waals surface area (Å²) >= 11 is 3.30. The Balaban J connectivity index is 1.37. The number of nitrogens with two attached hydrogens (primary N) is 1. The van der Waals surface area contributed by atoms with E-state index in [1.54, 1.807) is 45.9 Å². The summed E-state index contributed by atoms with van der Waals surface area (Å²) in [5, 5.41) is 4.02. The number of hydrogen-bond acceptors (Lipinski definition) is 8. The van der Waals surface area contributed by atoms with Gasteiger partial charge < -0.3 is 25.3 Å². The molecule has 1 aliphatic heterocycles. The summed E-state index contributed by atoms with van der Waals surface area (Å²) in [5.74, 6) is -0.138. The minimum absolute atomic E-state index is 0.00609. The number of anilines is 2. The number of methoxy groups -OCH3 is 1. The monoisotopic (exact) mass is 563 g/mol. The second-order valence-corrected chi connectivity index (χ2v) is 10.00. The molecule has 6 rings (SSSR count). The third-order valence-corrected chi connectivity index (χ3v) is 7.49. The van der Waals surface area contributed by atoms with Gasteiger partial charge in [0.05, 0.1) is 23.6 Å². The molecule has 1 saturated carbocycles. The van der Waals surface area contributed by atoms with Crippen molar-refractivity contribution >= 4 is 67.3 Å². The van der Waals surface area contributed by atoms with Gasteiger partial charge in [0.25, 0.3) is 0 Å². The highest BCUT2D eigenvalue weighted by atomic mass is 79.9. The predicted octanol–water partition coefficient (Wildman–Crippen LogP) is 2.74. The van der Waals surface area contributed by atoms with Crippen LogP contribution >= 0.6 is 15.9 Å². The number of nitrogen functional groups attached to an aromatic ring is 1. The zero-order chi connectivity index (χ0) is 25.8. The lowest BCUT2D eigenvalue weighted by molar-refractivity contribution is -0.138. The van der Waals surface area contributed by atoms with Gasteiger partial charge >= 0.3 is 5.97 Å². The number of benzene rings is 1. The maximum absolute atomic E-state index is 13.8. The van der Waals surface area contributed by atoms with Gasteiger partial charge in [0.2, 0.25) is 11.8 Å². The van der Waals surface area contributed by atoms with E-state index >= 15 is 0 Å². The average molecular weight is 564 g/mol. The van der Waals surface area contributed by atoms with Crippen molar-refractivity contribution in [2.75, 3.05) is 18.2 Å². The molecule has 37 heavy (non-hydrogen) atoms. The van der Waals surface area contributed by atoms with E-state index in [1.165, 1.54) is 13.4 Å². The van der Waals surface area contributed by atoms with Crippen LogP contribution in [0.2, 0.25) is 0 Å². The number of nitrogens with zero attached hydrogens (tertiary/aromatic N) is 5. The molecule has 0 bridgehead atoms. The Morgan fingerprint density at radius 2 is 1.97 bits per heavy atom. The molecule has 3 aromatic heterocycles. The van der Waals surface area contributed by atoms with Crippen molar-refractivity contribution in [3.63, 3.8) is 0 Å². The molecule has 2 amide bonds. The van der Waals surface area contributed by atoms with Crippen LogP contribution in [0.5, 0.6) is 0 Å². The molecule has 188 valence electrons. The summed E-state index contributed by atoms with van der Waals surface area (Å²) in [6.45, 7) is -0.132. The highest BCUT2D eigenvalue weighted by molar-refractivity contribution is 9.10. The summed E-state index contributed by atoms with van der Waals surface area (Å²) in [6, 6.07) is 9.78. The normalized spacial score (nSPS) is 20.2. The number of ether oxygens (including phenoxy) is 1. The summed E-state index contributed by atoms with van der Waals surface area (Å²) in [4.78, 5) is 54.0. The fourth-order valence-electron chi connectivity index (χ4n) is 5.38. The van der Waals surface area contributed by atoms with E-state index in [2.05, 4.69) is 36.2 Å². The largest absolute Gasteiger partial charge is 0.465 e. The molecular weight excluding hydrogens is 542 g/mol. The molecule has 3 atom stereocenters. The maximum atomic E-state index is 13.8. The molecule has 2 fully saturated rings. The van der Waals surface area contributed by atoms with E-state index in [9.17, 15) is 14.4 Å². The van der Waals surface area contributed by atoms with Crippen molar-refractivity contribution in [1.82, 2.24) is 24.4 Å². The van der Waals surface area contributed by atoms with Gasteiger partial charge in [-0.2, -0.15) is 0 Å². The lowest BCUT2D eigenvalue weighted by Gasteiger charge is -2.27. The number of aromatic nitrogens is 4. The van der Waals surface area contributed by atoms with Crippen LogP contribution in [0.3, 0.4) is 0 Å². The van der Waals surface area contributed by atoms with E-state index in [0.29, 0.717) is 38.8 Å². The number of rotatable bonds is 5. The Labute approximate surface area is 219 Å².